The number of anilines is 1. The quantitative estimate of drug-likeness (QED) is 0.422. The molecule has 0 bridgehead atoms. The Morgan fingerprint density at radius 3 is 2.57 bits per heavy atom. The van der Waals surface area contributed by atoms with Crippen molar-refractivity contribution < 1.29 is 9.53 Å². The second-order valence-corrected chi connectivity index (χ2v) is 10.2. The molecule has 0 saturated carbocycles. The van der Waals surface area contributed by atoms with Crippen molar-refractivity contribution in [2.45, 2.75) is 36.5 Å². The fourth-order valence-electron chi connectivity index (χ4n) is 4.69. The number of piperazine rings is 1. The van der Waals surface area contributed by atoms with Crippen LogP contribution in [0.1, 0.15) is 41.3 Å². The summed E-state index contributed by atoms with van der Waals surface area (Å²) in [6.45, 7) is 7.29. The van der Waals surface area contributed by atoms with Crippen LogP contribution in [0.4, 0.5) is 11.4 Å². The average Bonchev–Trinajstić information content (AvgIpc) is 3.04. The summed E-state index contributed by atoms with van der Waals surface area (Å²) in [7, 11) is 1.68. The SMILES string of the molecule is CCCC1=Nc2cc(C(=O)N3CCN(c4cccc(OC)c4)CC3)ccc2Sc2ccc(C)cc21. The molecule has 1 fully saturated rings. The van der Waals surface area contributed by atoms with Crippen LogP contribution < -0.4 is 9.64 Å². The lowest BCUT2D eigenvalue weighted by molar-refractivity contribution is 0.0746. The van der Waals surface area contributed by atoms with Crippen LogP contribution in [0.3, 0.4) is 0 Å². The molecule has 5 rings (SSSR count). The summed E-state index contributed by atoms with van der Waals surface area (Å²) in [5.74, 6) is 0.928. The summed E-state index contributed by atoms with van der Waals surface area (Å²) < 4.78 is 5.36. The van der Waals surface area contributed by atoms with Gasteiger partial charge in [-0.15, -0.1) is 0 Å². The van der Waals surface area contributed by atoms with Crippen LogP contribution >= 0.6 is 11.8 Å². The Bertz CT molecular complexity index is 1280. The Balaban J connectivity index is 1.35. The van der Waals surface area contributed by atoms with E-state index in [0.29, 0.717) is 18.7 Å². The number of benzene rings is 3. The Hall–Kier alpha value is -3.25. The number of carbonyl (C=O) groups is 1. The van der Waals surface area contributed by atoms with E-state index in [-0.39, 0.29) is 5.91 Å². The average molecular weight is 486 g/mol. The number of ether oxygens (including phenoxy) is 1. The molecule has 0 aromatic heterocycles. The first kappa shape index (κ1) is 23.5. The number of hydrogen-bond acceptors (Lipinski definition) is 5. The number of amides is 1. The number of hydrogen-bond donors (Lipinski definition) is 0. The van der Waals surface area contributed by atoms with E-state index in [9.17, 15) is 4.79 Å². The largest absolute Gasteiger partial charge is 0.497 e. The van der Waals surface area contributed by atoms with Crippen LogP contribution in [0, 0.1) is 6.92 Å². The highest BCUT2D eigenvalue weighted by Crippen LogP contribution is 2.41. The van der Waals surface area contributed by atoms with Gasteiger partial charge in [-0.05, 0) is 55.8 Å². The first-order valence-electron chi connectivity index (χ1n) is 12.2. The molecule has 180 valence electrons. The Morgan fingerprint density at radius 1 is 1.00 bits per heavy atom. The minimum atomic E-state index is 0.0768. The number of methoxy groups -OCH3 is 1. The molecule has 6 heteroatoms. The van der Waals surface area contributed by atoms with Gasteiger partial charge in [-0.3, -0.25) is 9.79 Å². The third-order valence-corrected chi connectivity index (χ3v) is 7.74. The molecule has 1 saturated heterocycles. The Kier molecular flexibility index (Phi) is 6.82. The van der Waals surface area contributed by atoms with Gasteiger partial charge in [-0.1, -0.05) is 42.8 Å². The van der Waals surface area contributed by atoms with Crippen LogP contribution in [-0.2, 0) is 0 Å². The fraction of sp³-hybridized carbons (Fsp3) is 0.310. The van der Waals surface area contributed by atoms with Gasteiger partial charge < -0.3 is 14.5 Å². The third kappa shape index (κ3) is 4.94. The van der Waals surface area contributed by atoms with Crippen molar-refractivity contribution in [2.24, 2.45) is 4.99 Å². The molecular formula is C29H31N3O2S. The van der Waals surface area contributed by atoms with Gasteiger partial charge in [0, 0.05) is 64.6 Å². The van der Waals surface area contributed by atoms with E-state index in [2.05, 4.69) is 49.1 Å². The summed E-state index contributed by atoms with van der Waals surface area (Å²) >= 11 is 1.74. The van der Waals surface area contributed by atoms with Crippen molar-refractivity contribution in [2.75, 3.05) is 38.2 Å². The summed E-state index contributed by atoms with van der Waals surface area (Å²) in [5.41, 5.74) is 6.30. The molecule has 0 spiro atoms. The zero-order valence-corrected chi connectivity index (χ0v) is 21.4. The van der Waals surface area contributed by atoms with E-state index < -0.39 is 0 Å². The fourth-order valence-corrected chi connectivity index (χ4v) is 5.70. The Morgan fingerprint density at radius 2 is 1.80 bits per heavy atom. The normalized spacial score (nSPS) is 15.1. The van der Waals surface area contributed by atoms with Crippen LogP contribution in [0.2, 0.25) is 0 Å². The van der Waals surface area contributed by atoms with E-state index in [0.717, 1.165) is 53.7 Å². The van der Waals surface area contributed by atoms with E-state index in [1.807, 2.05) is 35.2 Å². The Labute approximate surface area is 211 Å². The molecular weight excluding hydrogens is 454 g/mol. The number of aryl methyl sites for hydroxylation is 1. The monoisotopic (exact) mass is 485 g/mol. The van der Waals surface area contributed by atoms with Crippen molar-refractivity contribution in [3.63, 3.8) is 0 Å². The van der Waals surface area contributed by atoms with Crippen LogP contribution in [0.5, 0.6) is 5.75 Å². The molecule has 1 amide bonds. The molecule has 2 aliphatic heterocycles. The molecule has 0 unspecified atom stereocenters. The molecule has 2 aliphatic rings. The van der Waals surface area contributed by atoms with Crippen molar-refractivity contribution >= 4 is 34.8 Å². The van der Waals surface area contributed by atoms with Gasteiger partial charge in [-0.2, -0.15) is 0 Å². The topological polar surface area (TPSA) is 45.1 Å². The first-order chi connectivity index (χ1) is 17.1. The van der Waals surface area contributed by atoms with Crippen LogP contribution in [0.15, 0.2) is 75.4 Å². The predicted octanol–water partition coefficient (Wildman–Crippen LogP) is 6.35. The third-order valence-electron chi connectivity index (χ3n) is 6.60. The van der Waals surface area contributed by atoms with E-state index in [1.165, 1.54) is 16.0 Å². The second-order valence-electron chi connectivity index (χ2n) is 9.07. The van der Waals surface area contributed by atoms with Crippen LogP contribution in [0.25, 0.3) is 0 Å². The lowest BCUT2D eigenvalue weighted by atomic mass is 10.0. The van der Waals surface area contributed by atoms with Crippen LogP contribution in [-0.4, -0.2) is 49.8 Å². The second kappa shape index (κ2) is 10.2. The van der Waals surface area contributed by atoms with Gasteiger partial charge >= 0.3 is 0 Å². The van der Waals surface area contributed by atoms with Gasteiger partial charge in [0.15, 0.2) is 0 Å². The minimum absolute atomic E-state index is 0.0768. The predicted molar refractivity (Wildman–Crippen MR) is 144 cm³/mol. The van der Waals surface area contributed by atoms with E-state index in [1.54, 1.807) is 18.9 Å². The zero-order valence-electron chi connectivity index (χ0n) is 20.6. The molecule has 35 heavy (non-hydrogen) atoms. The molecule has 0 atom stereocenters. The van der Waals surface area contributed by atoms with Gasteiger partial charge in [0.25, 0.3) is 5.91 Å². The molecule has 0 aliphatic carbocycles. The standard InChI is InChI=1S/C29H31N3O2S/c1-4-6-25-24-17-20(2)9-11-27(24)35-28-12-10-21(18-26(28)30-25)29(33)32-15-13-31(14-16-32)22-7-5-8-23(19-22)34-3/h5,7-12,17-19H,4,6,13-16H2,1-3H3. The maximum absolute atomic E-state index is 13.4. The smallest absolute Gasteiger partial charge is 0.254 e. The van der Waals surface area contributed by atoms with Crippen molar-refractivity contribution in [3.05, 3.63) is 77.4 Å². The summed E-state index contributed by atoms with van der Waals surface area (Å²) in [4.78, 5) is 25.1. The van der Waals surface area contributed by atoms with Crippen molar-refractivity contribution in [1.82, 2.24) is 4.90 Å². The van der Waals surface area contributed by atoms with Gasteiger partial charge in [0.05, 0.1) is 12.8 Å². The zero-order chi connectivity index (χ0) is 24.4. The number of nitrogens with zero attached hydrogens (tertiary/aromatic N) is 3. The molecule has 2 heterocycles. The molecule has 0 radical (unpaired) electrons. The van der Waals surface area contributed by atoms with Crippen molar-refractivity contribution in [3.8, 4) is 5.75 Å². The van der Waals surface area contributed by atoms with Gasteiger partial charge in [-0.25, -0.2) is 0 Å². The summed E-state index contributed by atoms with van der Waals surface area (Å²) in [5, 5.41) is 0. The number of fused-ring (bicyclic) bond motifs is 2. The molecule has 0 N–H and O–H groups in total. The summed E-state index contributed by atoms with van der Waals surface area (Å²) in [6.07, 6.45) is 1.95. The molecule has 3 aromatic carbocycles. The number of rotatable bonds is 5. The number of aliphatic imine (C=N–C) groups is 1. The maximum Gasteiger partial charge on any atom is 0.254 e. The van der Waals surface area contributed by atoms with Gasteiger partial charge in [0.1, 0.15) is 5.75 Å². The maximum atomic E-state index is 13.4. The van der Waals surface area contributed by atoms with E-state index in [4.69, 9.17) is 9.73 Å². The summed E-state index contributed by atoms with van der Waals surface area (Å²) in [6, 6.07) is 20.7. The highest BCUT2D eigenvalue weighted by Gasteiger charge is 2.24. The highest BCUT2D eigenvalue weighted by molar-refractivity contribution is 7.99. The lowest BCUT2D eigenvalue weighted by Crippen LogP contribution is -2.48. The van der Waals surface area contributed by atoms with E-state index >= 15 is 0 Å². The first-order valence-corrected chi connectivity index (χ1v) is 13.1. The van der Waals surface area contributed by atoms with Gasteiger partial charge in [0.2, 0.25) is 0 Å². The van der Waals surface area contributed by atoms with Crippen molar-refractivity contribution in [1.29, 1.82) is 0 Å². The molecule has 5 nitrogen and oxygen atoms in total. The molecule has 3 aromatic rings. The highest BCUT2D eigenvalue weighted by atomic mass is 32.2. The lowest BCUT2D eigenvalue weighted by Gasteiger charge is -2.36. The minimum Gasteiger partial charge on any atom is -0.497 e. The number of carbonyl (C=O) groups excluding carboxylic acids is 1.